The zero-order chi connectivity index (χ0) is 15.0. The third-order valence-electron chi connectivity index (χ3n) is 5.29. The van der Waals surface area contributed by atoms with E-state index in [1.807, 2.05) is 0 Å². The lowest BCUT2D eigenvalue weighted by atomic mass is 9.88. The molecule has 1 aromatic rings. The van der Waals surface area contributed by atoms with Gasteiger partial charge in [0, 0.05) is 43.0 Å². The molecule has 0 radical (unpaired) electrons. The number of thiazole rings is 1. The Balaban J connectivity index is 1.65. The fraction of sp³-hybridized carbons (Fsp3) is 0.824. The Morgan fingerprint density at radius 1 is 1.48 bits per heavy atom. The molecule has 3 rings (SSSR count). The molecule has 2 atom stereocenters. The quantitative estimate of drug-likeness (QED) is 0.906. The molecule has 0 amide bonds. The molecule has 1 saturated carbocycles. The largest absolute Gasteiger partial charge is 0.308 e. The van der Waals surface area contributed by atoms with Crippen molar-refractivity contribution < 1.29 is 0 Å². The van der Waals surface area contributed by atoms with Gasteiger partial charge in [0.15, 0.2) is 0 Å². The second-order valence-electron chi connectivity index (χ2n) is 7.46. The molecular formula is C17H29N3S. The first-order valence-electron chi connectivity index (χ1n) is 8.38. The summed E-state index contributed by atoms with van der Waals surface area (Å²) in [4.78, 5) is 7.36. The fourth-order valence-electron chi connectivity index (χ4n) is 3.74. The van der Waals surface area contributed by atoms with Crippen molar-refractivity contribution in [3.8, 4) is 0 Å². The first-order chi connectivity index (χ1) is 9.98. The molecule has 2 heterocycles. The highest BCUT2D eigenvalue weighted by Crippen LogP contribution is 2.41. The van der Waals surface area contributed by atoms with Crippen LogP contribution in [0.15, 0.2) is 5.38 Å². The minimum atomic E-state index is 0.337. The summed E-state index contributed by atoms with van der Waals surface area (Å²) in [5, 5.41) is 7.28. The molecule has 118 valence electrons. The van der Waals surface area contributed by atoms with E-state index >= 15 is 0 Å². The normalized spacial score (nSPS) is 31.0. The van der Waals surface area contributed by atoms with Crippen LogP contribution in [0.2, 0.25) is 0 Å². The molecule has 1 aromatic heterocycles. The standard InChI is InChI=1S/C17H29N3S/c1-12(2)16-9-18-17(4,14-5-6-14)11-20(16)8-7-15-10-21-13(3)19-15/h10,12,14,16,18H,5-9,11H2,1-4H3. The van der Waals surface area contributed by atoms with Crippen LogP contribution in [0.3, 0.4) is 0 Å². The molecule has 1 aliphatic heterocycles. The number of aryl methyl sites for hydroxylation is 1. The van der Waals surface area contributed by atoms with E-state index in [4.69, 9.17) is 0 Å². The van der Waals surface area contributed by atoms with E-state index in [0.717, 1.165) is 25.4 Å². The number of piperazine rings is 1. The monoisotopic (exact) mass is 307 g/mol. The Morgan fingerprint density at radius 3 is 2.81 bits per heavy atom. The molecule has 2 unspecified atom stereocenters. The van der Waals surface area contributed by atoms with Gasteiger partial charge < -0.3 is 5.32 Å². The van der Waals surface area contributed by atoms with Crippen molar-refractivity contribution in [3.05, 3.63) is 16.1 Å². The maximum absolute atomic E-state index is 4.63. The smallest absolute Gasteiger partial charge is 0.0897 e. The summed E-state index contributed by atoms with van der Waals surface area (Å²) in [7, 11) is 0. The summed E-state index contributed by atoms with van der Waals surface area (Å²) in [5.41, 5.74) is 1.61. The van der Waals surface area contributed by atoms with Crippen LogP contribution in [0.4, 0.5) is 0 Å². The summed E-state index contributed by atoms with van der Waals surface area (Å²) in [5.74, 6) is 1.60. The van der Waals surface area contributed by atoms with Gasteiger partial charge in [0.2, 0.25) is 0 Å². The van der Waals surface area contributed by atoms with Crippen molar-refractivity contribution in [2.75, 3.05) is 19.6 Å². The zero-order valence-corrected chi connectivity index (χ0v) is 14.7. The average molecular weight is 308 g/mol. The lowest BCUT2D eigenvalue weighted by molar-refractivity contribution is 0.0532. The highest BCUT2D eigenvalue weighted by Gasteiger charge is 2.46. The minimum Gasteiger partial charge on any atom is -0.308 e. The average Bonchev–Trinajstić information content (AvgIpc) is 3.21. The van der Waals surface area contributed by atoms with Gasteiger partial charge in [0.25, 0.3) is 0 Å². The number of nitrogens with one attached hydrogen (secondary N) is 1. The summed E-state index contributed by atoms with van der Waals surface area (Å²) >= 11 is 1.77. The Hall–Kier alpha value is -0.450. The van der Waals surface area contributed by atoms with Gasteiger partial charge in [-0.05, 0) is 38.5 Å². The molecule has 4 heteroatoms. The Bertz CT molecular complexity index is 480. The summed E-state index contributed by atoms with van der Waals surface area (Å²) in [6.07, 6.45) is 3.91. The van der Waals surface area contributed by atoms with Gasteiger partial charge in [-0.15, -0.1) is 11.3 Å². The van der Waals surface area contributed by atoms with E-state index < -0.39 is 0 Å². The van der Waals surface area contributed by atoms with E-state index in [2.05, 4.69) is 48.3 Å². The van der Waals surface area contributed by atoms with Crippen LogP contribution in [0.25, 0.3) is 0 Å². The number of nitrogens with zero attached hydrogens (tertiary/aromatic N) is 2. The lowest BCUT2D eigenvalue weighted by Crippen LogP contribution is -2.65. The van der Waals surface area contributed by atoms with Crippen LogP contribution in [0.5, 0.6) is 0 Å². The topological polar surface area (TPSA) is 28.2 Å². The minimum absolute atomic E-state index is 0.337. The first-order valence-corrected chi connectivity index (χ1v) is 9.26. The molecule has 2 fully saturated rings. The van der Waals surface area contributed by atoms with Crippen LogP contribution in [0.1, 0.15) is 44.3 Å². The third-order valence-corrected chi connectivity index (χ3v) is 6.11. The predicted octanol–water partition coefficient (Wildman–Crippen LogP) is 3.09. The van der Waals surface area contributed by atoms with E-state index in [-0.39, 0.29) is 0 Å². The van der Waals surface area contributed by atoms with Gasteiger partial charge in [0.1, 0.15) is 0 Å². The van der Waals surface area contributed by atoms with E-state index in [9.17, 15) is 0 Å². The highest BCUT2D eigenvalue weighted by atomic mass is 32.1. The maximum Gasteiger partial charge on any atom is 0.0897 e. The van der Waals surface area contributed by atoms with Gasteiger partial charge in [-0.1, -0.05) is 13.8 Å². The molecular weight excluding hydrogens is 278 g/mol. The van der Waals surface area contributed by atoms with Crippen LogP contribution >= 0.6 is 11.3 Å². The summed E-state index contributed by atoms with van der Waals surface area (Å²) in [6, 6.07) is 0.663. The van der Waals surface area contributed by atoms with E-state index in [0.29, 0.717) is 17.5 Å². The number of hydrogen-bond donors (Lipinski definition) is 1. The molecule has 1 N–H and O–H groups in total. The third kappa shape index (κ3) is 3.49. The fourth-order valence-corrected chi connectivity index (χ4v) is 4.39. The Kier molecular flexibility index (Phi) is 4.40. The molecule has 1 aliphatic carbocycles. The van der Waals surface area contributed by atoms with Crippen molar-refractivity contribution in [3.63, 3.8) is 0 Å². The van der Waals surface area contributed by atoms with Crippen molar-refractivity contribution in [1.82, 2.24) is 15.2 Å². The van der Waals surface area contributed by atoms with Crippen molar-refractivity contribution in [2.24, 2.45) is 11.8 Å². The van der Waals surface area contributed by atoms with Gasteiger partial charge >= 0.3 is 0 Å². The zero-order valence-electron chi connectivity index (χ0n) is 13.9. The second-order valence-corrected chi connectivity index (χ2v) is 8.52. The Morgan fingerprint density at radius 2 is 2.24 bits per heavy atom. The van der Waals surface area contributed by atoms with Crippen LogP contribution in [-0.4, -0.2) is 41.1 Å². The van der Waals surface area contributed by atoms with Crippen LogP contribution < -0.4 is 5.32 Å². The lowest BCUT2D eigenvalue weighted by Gasteiger charge is -2.48. The summed E-state index contributed by atoms with van der Waals surface area (Å²) in [6.45, 7) is 12.7. The first kappa shape index (κ1) is 15.4. The van der Waals surface area contributed by atoms with Gasteiger partial charge in [-0.2, -0.15) is 0 Å². The predicted molar refractivity (Wildman–Crippen MR) is 89.9 cm³/mol. The molecule has 0 spiro atoms. The van der Waals surface area contributed by atoms with Crippen LogP contribution in [-0.2, 0) is 6.42 Å². The van der Waals surface area contributed by atoms with Crippen LogP contribution in [0, 0.1) is 18.8 Å². The van der Waals surface area contributed by atoms with Gasteiger partial charge in [0.05, 0.1) is 10.7 Å². The van der Waals surface area contributed by atoms with Crippen molar-refractivity contribution in [1.29, 1.82) is 0 Å². The number of rotatable bonds is 5. The maximum atomic E-state index is 4.63. The summed E-state index contributed by atoms with van der Waals surface area (Å²) < 4.78 is 0. The van der Waals surface area contributed by atoms with Gasteiger partial charge in [-0.25, -0.2) is 4.98 Å². The molecule has 0 bridgehead atoms. The van der Waals surface area contributed by atoms with E-state index in [1.165, 1.54) is 30.1 Å². The van der Waals surface area contributed by atoms with Gasteiger partial charge in [-0.3, -0.25) is 4.90 Å². The molecule has 0 aromatic carbocycles. The number of aromatic nitrogens is 1. The Labute approximate surface area is 133 Å². The SMILES string of the molecule is Cc1nc(CCN2CC(C)(C3CC3)NCC2C(C)C)cs1. The molecule has 3 nitrogen and oxygen atoms in total. The van der Waals surface area contributed by atoms with Crippen molar-refractivity contribution in [2.45, 2.75) is 58.5 Å². The molecule has 1 saturated heterocycles. The second kappa shape index (κ2) is 5.98. The number of hydrogen-bond acceptors (Lipinski definition) is 4. The molecule has 2 aliphatic rings. The molecule has 21 heavy (non-hydrogen) atoms. The van der Waals surface area contributed by atoms with E-state index in [1.54, 1.807) is 11.3 Å². The highest BCUT2D eigenvalue weighted by molar-refractivity contribution is 7.09. The van der Waals surface area contributed by atoms with Crippen molar-refractivity contribution >= 4 is 11.3 Å².